The molecule has 0 aliphatic carbocycles. The quantitative estimate of drug-likeness (QED) is 0.826. The molecule has 0 fully saturated rings. The topological polar surface area (TPSA) is 58.2 Å². The minimum Gasteiger partial charge on any atom is -0.267 e. The third-order valence-corrected chi connectivity index (χ3v) is 3.75. The van der Waals surface area contributed by atoms with Crippen molar-refractivity contribution in [2.75, 3.05) is 0 Å². The number of carbonyl (C=O) groups excluding carboxylic acids is 2. The Morgan fingerprint density at radius 2 is 1.74 bits per heavy atom. The minimum atomic E-state index is -0.314. The molecule has 98 valence electrons. The summed E-state index contributed by atoms with van der Waals surface area (Å²) in [6.45, 7) is 3.82. The third kappa shape index (κ3) is 3.00. The van der Waals surface area contributed by atoms with Gasteiger partial charge in [0.15, 0.2) is 0 Å². The lowest BCUT2D eigenvalue weighted by atomic mass is 10.0. The number of aryl methyl sites for hydroxylation is 1. The molecule has 0 spiro atoms. The van der Waals surface area contributed by atoms with Gasteiger partial charge in [0.1, 0.15) is 0 Å². The Hall–Kier alpha value is -2.14. The van der Waals surface area contributed by atoms with Gasteiger partial charge in [-0.15, -0.1) is 11.3 Å². The molecule has 0 radical (unpaired) electrons. The van der Waals surface area contributed by atoms with Crippen LogP contribution < -0.4 is 10.9 Å². The van der Waals surface area contributed by atoms with E-state index >= 15 is 0 Å². The molecule has 0 bridgehead atoms. The molecule has 4 nitrogen and oxygen atoms in total. The van der Waals surface area contributed by atoms with Gasteiger partial charge >= 0.3 is 0 Å². The first kappa shape index (κ1) is 13.3. The molecule has 1 aromatic carbocycles. The fourth-order valence-corrected chi connectivity index (χ4v) is 2.27. The van der Waals surface area contributed by atoms with E-state index in [2.05, 4.69) is 10.9 Å². The van der Waals surface area contributed by atoms with Crippen LogP contribution in [-0.2, 0) is 0 Å². The van der Waals surface area contributed by atoms with E-state index < -0.39 is 0 Å². The van der Waals surface area contributed by atoms with E-state index in [9.17, 15) is 9.59 Å². The largest absolute Gasteiger partial charge is 0.279 e. The van der Waals surface area contributed by atoms with Crippen molar-refractivity contribution in [1.29, 1.82) is 0 Å². The second-order valence-corrected chi connectivity index (χ2v) is 5.08. The molecular formula is C14H14N2O2S. The number of hydrazine groups is 1. The lowest BCUT2D eigenvalue weighted by Crippen LogP contribution is -2.41. The Balaban J connectivity index is 2.02. The van der Waals surface area contributed by atoms with Crippen molar-refractivity contribution in [2.24, 2.45) is 0 Å². The van der Waals surface area contributed by atoms with Crippen molar-refractivity contribution in [1.82, 2.24) is 10.9 Å². The van der Waals surface area contributed by atoms with E-state index in [-0.39, 0.29) is 11.8 Å². The van der Waals surface area contributed by atoms with Crippen molar-refractivity contribution in [3.8, 4) is 0 Å². The normalized spacial score (nSPS) is 10.0. The molecule has 2 N–H and O–H groups in total. The van der Waals surface area contributed by atoms with Crippen LogP contribution in [-0.4, -0.2) is 11.8 Å². The lowest BCUT2D eigenvalue weighted by molar-refractivity contribution is 0.0848. The molecule has 2 aromatic rings. The molecule has 0 aliphatic rings. The highest BCUT2D eigenvalue weighted by Gasteiger charge is 2.12. The molecule has 5 heteroatoms. The minimum absolute atomic E-state index is 0.311. The van der Waals surface area contributed by atoms with E-state index in [1.165, 1.54) is 11.3 Å². The van der Waals surface area contributed by atoms with Gasteiger partial charge < -0.3 is 0 Å². The predicted octanol–water partition coefficient (Wildman–Crippen LogP) is 2.44. The first-order valence-electron chi connectivity index (χ1n) is 5.80. The molecule has 0 aliphatic heterocycles. The van der Waals surface area contributed by atoms with Gasteiger partial charge in [-0.25, -0.2) is 0 Å². The molecule has 1 heterocycles. The van der Waals surface area contributed by atoms with Crippen molar-refractivity contribution in [3.05, 3.63) is 57.3 Å². The van der Waals surface area contributed by atoms with Crippen LogP contribution in [0.4, 0.5) is 0 Å². The number of hydrogen-bond acceptors (Lipinski definition) is 3. The van der Waals surface area contributed by atoms with Crippen LogP contribution in [0.15, 0.2) is 35.7 Å². The zero-order chi connectivity index (χ0) is 13.8. The number of hydrogen-bond donors (Lipinski definition) is 2. The molecular weight excluding hydrogens is 260 g/mol. The van der Waals surface area contributed by atoms with Crippen LogP contribution in [0.2, 0.25) is 0 Å². The maximum absolute atomic E-state index is 12.0. The maximum atomic E-state index is 12.0. The SMILES string of the molecule is Cc1cccc(C(=O)NNC(=O)c2cccs2)c1C. The summed E-state index contributed by atoms with van der Waals surface area (Å²) in [6, 6.07) is 8.97. The molecule has 2 rings (SSSR count). The monoisotopic (exact) mass is 274 g/mol. The van der Waals surface area contributed by atoms with Gasteiger partial charge in [-0.2, -0.15) is 0 Å². The molecule has 0 atom stereocenters. The fourth-order valence-electron chi connectivity index (χ4n) is 1.65. The predicted molar refractivity (Wildman–Crippen MR) is 75.2 cm³/mol. The first-order valence-corrected chi connectivity index (χ1v) is 6.68. The van der Waals surface area contributed by atoms with E-state index in [0.717, 1.165) is 11.1 Å². The van der Waals surface area contributed by atoms with Gasteiger partial charge in [0.05, 0.1) is 4.88 Å². The summed E-state index contributed by atoms with van der Waals surface area (Å²) in [6.07, 6.45) is 0. The number of rotatable bonds is 2. The molecule has 0 saturated carbocycles. The Labute approximate surface area is 115 Å². The molecule has 0 saturated heterocycles. The average Bonchev–Trinajstić information content (AvgIpc) is 2.93. The third-order valence-electron chi connectivity index (χ3n) is 2.88. The summed E-state index contributed by atoms with van der Waals surface area (Å²) >= 11 is 1.32. The molecule has 2 amide bonds. The highest BCUT2D eigenvalue weighted by molar-refractivity contribution is 7.12. The summed E-state index contributed by atoms with van der Waals surface area (Å²) in [4.78, 5) is 24.2. The Kier molecular flexibility index (Phi) is 3.97. The molecule has 19 heavy (non-hydrogen) atoms. The highest BCUT2D eigenvalue weighted by atomic mass is 32.1. The second-order valence-electron chi connectivity index (χ2n) is 4.13. The fraction of sp³-hybridized carbons (Fsp3) is 0.143. The number of carbonyl (C=O) groups is 2. The second kappa shape index (κ2) is 5.67. The summed E-state index contributed by atoms with van der Waals surface area (Å²) in [7, 11) is 0. The average molecular weight is 274 g/mol. The van der Waals surface area contributed by atoms with Gasteiger partial charge in [0.25, 0.3) is 11.8 Å². The highest BCUT2D eigenvalue weighted by Crippen LogP contribution is 2.12. The van der Waals surface area contributed by atoms with Crippen LogP contribution in [0.3, 0.4) is 0 Å². The standard InChI is InChI=1S/C14H14N2O2S/c1-9-5-3-6-11(10(9)2)13(17)15-16-14(18)12-7-4-8-19-12/h3-8H,1-2H3,(H,15,17)(H,16,18). The Morgan fingerprint density at radius 1 is 1.00 bits per heavy atom. The van der Waals surface area contributed by atoms with Crippen molar-refractivity contribution >= 4 is 23.2 Å². The summed E-state index contributed by atoms with van der Waals surface area (Å²) in [5, 5.41) is 1.81. The van der Waals surface area contributed by atoms with E-state index in [0.29, 0.717) is 10.4 Å². The summed E-state index contributed by atoms with van der Waals surface area (Å²) in [5.41, 5.74) is 7.33. The number of amides is 2. The van der Waals surface area contributed by atoms with Crippen LogP contribution in [0.25, 0.3) is 0 Å². The van der Waals surface area contributed by atoms with Crippen LogP contribution in [0, 0.1) is 13.8 Å². The lowest BCUT2D eigenvalue weighted by Gasteiger charge is -2.09. The van der Waals surface area contributed by atoms with Crippen molar-refractivity contribution < 1.29 is 9.59 Å². The number of nitrogens with one attached hydrogen (secondary N) is 2. The Morgan fingerprint density at radius 3 is 2.42 bits per heavy atom. The van der Waals surface area contributed by atoms with Crippen LogP contribution in [0.5, 0.6) is 0 Å². The summed E-state index contributed by atoms with van der Waals surface area (Å²) in [5.74, 6) is -0.625. The van der Waals surface area contributed by atoms with Gasteiger partial charge in [-0.3, -0.25) is 20.4 Å². The van der Waals surface area contributed by atoms with Crippen molar-refractivity contribution in [2.45, 2.75) is 13.8 Å². The van der Waals surface area contributed by atoms with E-state index in [1.807, 2.05) is 26.0 Å². The van der Waals surface area contributed by atoms with Crippen molar-refractivity contribution in [3.63, 3.8) is 0 Å². The number of thiophene rings is 1. The smallest absolute Gasteiger partial charge is 0.267 e. The van der Waals surface area contributed by atoms with Crippen LogP contribution >= 0.6 is 11.3 Å². The van der Waals surface area contributed by atoms with Gasteiger partial charge in [0, 0.05) is 5.56 Å². The van der Waals surface area contributed by atoms with Crippen LogP contribution in [0.1, 0.15) is 31.2 Å². The number of benzene rings is 1. The first-order chi connectivity index (χ1) is 9.09. The van der Waals surface area contributed by atoms with E-state index in [1.54, 1.807) is 23.6 Å². The zero-order valence-corrected chi connectivity index (χ0v) is 11.5. The summed E-state index contributed by atoms with van der Waals surface area (Å²) < 4.78 is 0. The van der Waals surface area contributed by atoms with Gasteiger partial charge in [0.2, 0.25) is 0 Å². The molecule has 0 unspecified atom stereocenters. The maximum Gasteiger partial charge on any atom is 0.279 e. The Bertz CT molecular complexity index is 606. The van der Waals surface area contributed by atoms with Gasteiger partial charge in [-0.05, 0) is 42.5 Å². The molecule has 1 aromatic heterocycles. The van der Waals surface area contributed by atoms with Gasteiger partial charge in [-0.1, -0.05) is 18.2 Å². The zero-order valence-electron chi connectivity index (χ0n) is 10.7. The van der Waals surface area contributed by atoms with E-state index in [4.69, 9.17) is 0 Å².